The Morgan fingerprint density at radius 1 is 0.810 bits per heavy atom. The van der Waals surface area contributed by atoms with Crippen LogP contribution in [0, 0.1) is 0 Å². The fourth-order valence-corrected chi connectivity index (χ4v) is 1.85. The van der Waals surface area contributed by atoms with Crippen LogP contribution in [0.5, 0.6) is 0 Å². The number of Topliss-reactive ketones (excluding diaryl/α,β-unsaturated/α-hetero) is 2. The summed E-state index contributed by atoms with van der Waals surface area (Å²) < 4.78 is 36.8. The van der Waals surface area contributed by atoms with E-state index in [0.29, 0.717) is 11.1 Å². The zero-order valence-corrected chi connectivity index (χ0v) is 10.9. The third kappa shape index (κ3) is 3.78. The summed E-state index contributed by atoms with van der Waals surface area (Å²) in [6.07, 6.45) is -4.81. The van der Waals surface area contributed by atoms with E-state index in [0.717, 1.165) is 12.1 Å². The van der Waals surface area contributed by atoms with Crippen molar-refractivity contribution in [1.82, 2.24) is 0 Å². The molecule has 2 nitrogen and oxygen atoms in total. The summed E-state index contributed by atoms with van der Waals surface area (Å²) in [5, 5.41) is 0. The second-order valence-electron chi connectivity index (χ2n) is 4.49. The monoisotopic (exact) mass is 292 g/mol. The van der Waals surface area contributed by atoms with Crippen LogP contribution >= 0.6 is 0 Å². The molecular formula is C16H11F3O2. The van der Waals surface area contributed by atoms with E-state index < -0.39 is 17.5 Å². The van der Waals surface area contributed by atoms with E-state index in [4.69, 9.17) is 0 Å². The highest BCUT2D eigenvalue weighted by Crippen LogP contribution is 2.21. The lowest BCUT2D eigenvalue weighted by Crippen LogP contribution is -2.22. The smallest absolute Gasteiger partial charge is 0.294 e. The number of hydrogen-bond donors (Lipinski definition) is 0. The van der Waals surface area contributed by atoms with Crippen LogP contribution in [0.4, 0.5) is 13.2 Å². The minimum absolute atomic E-state index is 0.0739. The molecule has 5 heteroatoms. The second-order valence-corrected chi connectivity index (χ2v) is 4.49. The van der Waals surface area contributed by atoms with Gasteiger partial charge in [-0.05, 0) is 5.56 Å². The lowest BCUT2D eigenvalue weighted by molar-refractivity contribution is -0.0885. The van der Waals surface area contributed by atoms with E-state index in [2.05, 4.69) is 0 Å². The molecule has 0 unspecified atom stereocenters. The summed E-state index contributed by atoms with van der Waals surface area (Å²) in [6, 6.07) is 13.5. The number of rotatable bonds is 4. The van der Waals surface area contributed by atoms with E-state index in [1.165, 1.54) is 12.1 Å². The van der Waals surface area contributed by atoms with Crippen LogP contribution in [0.3, 0.4) is 0 Å². The lowest BCUT2D eigenvalue weighted by atomic mass is 10.0. The van der Waals surface area contributed by atoms with Crippen molar-refractivity contribution in [3.05, 3.63) is 71.3 Å². The van der Waals surface area contributed by atoms with Gasteiger partial charge in [0.15, 0.2) is 5.78 Å². The van der Waals surface area contributed by atoms with Gasteiger partial charge in [0.25, 0.3) is 5.78 Å². The van der Waals surface area contributed by atoms with Crippen molar-refractivity contribution in [2.45, 2.75) is 12.6 Å². The molecule has 0 spiro atoms. The first-order valence-electron chi connectivity index (χ1n) is 6.16. The van der Waals surface area contributed by atoms with E-state index in [9.17, 15) is 22.8 Å². The van der Waals surface area contributed by atoms with Crippen molar-refractivity contribution in [2.24, 2.45) is 0 Å². The number of benzene rings is 2. The molecule has 0 bridgehead atoms. The standard InChI is InChI=1S/C16H11F3O2/c17-16(18,19)15(21)13-8-6-11(7-9-13)10-14(20)12-4-2-1-3-5-12/h1-9H,10H2. The molecule has 2 rings (SSSR count). The van der Waals surface area contributed by atoms with Crippen molar-refractivity contribution < 1.29 is 22.8 Å². The summed E-state index contributed by atoms with van der Waals surface area (Å²) >= 11 is 0. The van der Waals surface area contributed by atoms with E-state index >= 15 is 0 Å². The van der Waals surface area contributed by atoms with Crippen LogP contribution in [-0.2, 0) is 6.42 Å². The molecule has 0 radical (unpaired) electrons. The Bertz CT molecular complexity index is 643. The summed E-state index contributed by atoms with van der Waals surface area (Å²) in [5.41, 5.74) is 0.661. The Kier molecular flexibility index (Phi) is 4.21. The van der Waals surface area contributed by atoms with E-state index in [1.54, 1.807) is 30.3 Å². The molecule has 0 fully saturated rings. The Labute approximate surface area is 119 Å². The summed E-state index contributed by atoms with van der Waals surface area (Å²) in [4.78, 5) is 23.0. The van der Waals surface area contributed by atoms with Crippen molar-refractivity contribution in [3.8, 4) is 0 Å². The van der Waals surface area contributed by atoms with Gasteiger partial charge in [-0.2, -0.15) is 13.2 Å². The number of ketones is 2. The van der Waals surface area contributed by atoms with Crippen LogP contribution in [-0.4, -0.2) is 17.7 Å². The minimum atomic E-state index is -4.89. The fourth-order valence-electron chi connectivity index (χ4n) is 1.85. The maximum Gasteiger partial charge on any atom is 0.454 e. The largest absolute Gasteiger partial charge is 0.454 e. The topological polar surface area (TPSA) is 34.1 Å². The third-order valence-electron chi connectivity index (χ3n) is 2.93. The molecule has 21 heavy (non-hydrogen) atoms. The molecule has 108 valence electrons. The molecule has 0 aliphatic carbocycles. The van der Waals surface area contributed by atoms with Crippen LogP contribution < -0.4 is 0 Å². The first kappa shape index (κ1) is 15.0. The fraction of sp³-hybridized carbons (Fsp3) is 0.125. The van der Waals surface area contributed by atoms with Crippen LogP contribution in [0.25, 0.3) is 0 Å². The van der Waals surface area contributed by atoms with E-state index in [1.807, 2.05) is 0 Å². The van der Waals surface area contributed by atoms with Gasteiger partial charge in [-0.3, -0.25) is 9.59 Å². The molecule has 0 aliphatic rings. The predicted octanol–water partition coefficient (Wildman–Crippen LogP) is 3.86. The molecular weight excluding hydrogens is 281 g/mol. The zero-order valence-electron chi connectivity index (χ0n) is 10.9. The maximum absolute atomic E-state index is 12.3. The quantitative estimate of drug-likeness (QED) is 0.802. The van der Waals surface area contributed by atoms with Gasteiger partial charge in [-0.15, -0.1) is 0 Å². The average Bonchev–Trinajstić information content (AvgIpc) is 2.47. The molecule has 0 saturated heterocycles. The van der Waals surface area contributed by atoms with Crippen LogP contribution in [0.15, 0.2) is 54.6 Å². The molecule has 0 heterocycles. The predicted molar refractivity (Wildman–Crippen MR) is 71.3 cm³/mol. The molecule has 0 N–H and O–H groups in total. The summed E-state index contributed by atoms with van der Waals surface area (Å²) in [5.74, 6) is -2.02. The zero-order chi connectivity index (χ0) is 15.5. The normalized spacial score (nSPS) is 11.2. The van der Waals surface area contributed by atoms with E-state index in [-0.39, 0.29) is 12.2 Å². The highest BCUT2D eigenvalue weighted by Gasteiger charge is 2.39. The minimum Gasteiger partial charge on any atom is -0.294 e. The van der Waals surface area contributed by atoms with Gasteiger partial charge < -0.3 is 0 Å². The maximum atomic E-state index is 12.3. The number of alkyl halides is 3. The molecule has 2 aromatic rings. The summed E-state index contributed by atoms with van der Waals surface area (Å²) in [7, 11) is 0. The van der Waals surface area contributed by atoms with Gasteiger partial charge in [0, 0.05) is 17.5 Å². The van der Waals surface area contributed by atoms with Crippen molar-refractivity contribution in [2.75, 3.05) is 0 Å². The first-order chi connectivity index (χ1) is 9.88. The van der Waals surface area contributed by atoms with Crippen molar-refractivity contribution >= 4 is 11.6 Å². The Morgan fingerprint density at radius 2 is 1.38 bits per heavy atom. The first-order valence-corrected chi connectivity index (χ1v) is 6.16. The highest BCUT2D eigenvalue weighted by atomic mass is 19.4. The molecule has 0 atom stereocenters. The average molecular weight is 292 g/mol. The SMILES string of the molecule is O=C(Cc1ccc(C(=O)C(F)(F)F)cc1)c1ccccc1. The number of hydrogen-bond acceptors (Lipinski definition) is 2. The Balaban J connectivity index is 2.10. The van der Waals surface area contributed by atoms with Gasteiger partial charge in [0.2, 0.25) is 0 Å². The molecule has 0 saturated carbocycles. The van der Waals surface area contributed by atoms with Gasteiger partial charge in [-0.25, -0.2) is 0 Å². The summed E-state index contributed by atoms with van der Waals surface area (Å²) in [6.45, 7) is 0. The van der Waals surface area contributed by atoms with Gasteiger partial charge in [0.05, 0.1) is 0 Å². The van der Waals surface area contributed by atoms with Gasteiger partial charge >= 0.3 is 6.18 Å². The Morgan fingerprint density at radius 3 is 1.90 bits per heavy atom. The number of halogens is 3. The molecule has 2 aromatic carbocycles. The third-order valence-corrected chi connectivity index (χ3v) is 2.93. The number of carbonyl (C=O) groups excluding carboxylic acids is 2. The van der Waals surface area contributed by atoms with Crippen molar-refractivity contribution in [1.29, 1.82) is 0 Å². The molecule has 0 amide bonds. The second kappa shape index (κ2) is 5.91. The van der Waals surface area contributed by atoms with Gasteiger partial charge in [-0.1, -0.05) is 54.6 Å². The van der Waals surface area contributed by atoms with Crippen molar-refractivity contribution in [3.63, 3.8) is 0 Å². The Hall–Kier alpha value is -2.43. The van der Waals surface area contributed by atoms with Crippen LogP contribution in [0.2, 0.25) is 0 Å². The molecule has 0 aliphatic heterocycles. The molecule has 0 aromatic heterocycles. The number of carbonyl (C=O) groups is 2. The lowest BCUT2D eigenvalue weighted by Gasteiger charge is -2.06. The van der Waals surface area contributed by atoms with Gasteiger partial charge in [0.1, 0.15) is 0 Å². The highest BCUT2D eigenvalue weighted by molar-refractivity contribution is 6.00. The van der Waals surface area contributed by atoms with Crippen LogP contribution in [0.1, 0.15) is 26.3 Å².